The Morgan fingerprint density at radius 2 is 2.07 bits per heavy atom. The van der Waals surface area contributed by atoms with Crippen LogP contribution in [0.25, 0.3) is 0 Å². The van der Waals surface area contributed by atoms with E-state index in [-0.39, 0.29) is 6.10 Å². The zero-order valence-corrected chi connectivity index (χ0v) is 8.36. The van der Waals surface area contributed by atoms with Crippen LogP contribution in [0.1, 0.15) is 24.5 Å². The SMILES string of the molecule is C=C[C@H]1CCCO[C@H]1c1ccccc1. The molecule has 1 aromatic rings. The van der Waals surface area contributed by atoms with Crippen molar-refractivity contribution in [1.29, 1.82) is 0 Å². The van der Waals surface area contributed by atoms with E-state index in [0.29, 0.717) is 5.92 Å². The molecule has 1 aliphatic heterocycles. The molecule has 1 fully saturated rings. The van der Waals surface area contributed by atoms with Crippen molar-refractivity contribution in [1.82, 2.24) is 0 Å². The summed E-state index contributed by atoms with van der Waals surface area (Å²) in [5.41, 5.74) is 1.28. The van der Waals surface area contributed by atoms with Crippen LogP contribution >= 0.6 is 0 Å². The van der Waals surface area contributed by atoms with E-state index >= 15 is 0 Å². The van der Waals surface area contributed by atoms with Crippen LogP contribution in [0.4, 0.5) is 0 Å². The number of ether oxygens (including phenoxy) is 1. The monoisotopic (exact) mass is 188 g/mol. The van der Waals surface area contributed by atoms with Crippen LogP contribution in [0.3, 0.4) is 0 Å². The Kier molecular flexibility index (Phi) is 3.00. The minimum absolute atomic E-state index is 0.224. The smallest absolute Gasteiger partial charge is 0.0887 e. The number of hydrogen-bond donors (Lipinski definition) is 0. The van der Waals surface area contributed by atoms with Gasteiger partial charge in [-0.3, -0.25) is 0 Å². The van der Waals surface area contributed by atoms with E-state index in [2.05, 4.69) is 30.8 Å². The van der Waals surface area contributed by atoms with Crippen LogP contribution in [0, 0.1) is 5.92 Å². The molecule has 0 saturated carbocycles. The molecule has 1 saturated heterocycles. The van der Waals surface area contributed by atoms with E-state index in [9.17, 15) is 0 Å². The summed E-state index contributed by atoms with van der Waals surface area (Å²) in [4.78, 5) is 0. The second-order valence-electron chi connectivity index (χ2n) is 3.74. The van der Waals surface area contributed by atoms with Gasteiger partial charge in [-0.05, 0) is 18.4 Å². The molecular weight excluding hydrogens is 172 g/mol. The van der Waals surface area contributed by atoms with Crippen LogP contribution in [0.2, 0.25) is 0 Å². The zero-order valence-electron chi connectivity index (χ0n) is 8.36. The Balaban J connectivity index is 2.19. The lowest BCUT2D eigenvalue weighted by Gasteiger charge is -2.29. The molecule has 74 valence electrons. The Bertz CT molecular complexity index is 291. The lowest BCUT2D eigenvalue weighted by atomic mass is 9.90. The largest absolute Gasteiger partial charge is 0.373 e. The summed E-state index contributed by atoms with van der Waals surface area (Å²) in [5, 5.41) is 0. The number of hydrogen-bond acceptors (Lipinski definition) is 1. The molecule has 0 aromatic heterocycles. The maximum Gasteiger partial charge on any atom is 0.0887 e. The van der Waals surface area contributed by atoms with Crippen LogP contribution in [-0.4, -0.2) is 6.61 Å². The summed E-state index contributed by atoms with van der Waals surface area (Å²) in [6.45, 7) is 4.76. The van der Waals surface area contributed by atoms with Gasteiger partial charge in [-0.15, -0.1) is 6.58 Å². The molecule has 0 unspecified atom stereocenters. The first kappa shape index (κ1) is 9.47. The van der Waals surface area contributed by atoms with Crippen molar-refractivity contribution in [2.24, 2.45) is 5.92 Å². The van der Waals surface area contributed by atoms with Crippen LogP contribution in [0.15, 0.2) is 43.0 Å². The summed E-state index contributed by atoms with van der Waals surface area (Å²) in [6, 6.07) is 10.4. The van der Waals surface area contributed by atoms with E-state index in [1.165, 1.54) is 12.0 Å². The van der Waals surface area contributed by atoms with Gasteiger partial charge in [0.25, 0.3) is 0 Å². The first-order valence-electron chi connectivity index (χ1n) is 5.21. The summed E-state index contributed by atoms with van der Waals surface area (Å²) >= 11 is 0. The Morgan fingerprint density at radius 1 is 1.29 bits per heavy atom. The highest BCUT2D eigenvalue weighted by atomic mass is 16.5. The zero-order chi connectivity index (χ0) is 9.80. The fourth-order valence-corrected chi connectivity index (χ4v) is 2.03. The standard InChI is InChI=1S/C13H16O/c1-2-11-9-6-10-14-13(11)12-7-4-3-5-8-12/h2-5,7-8,11,13H,1,6,9-10H2/t11-,13+/m0/s1. The maximum absolute atomic E-state index is 5.80. The Hall–Kier alpha value is -1.08. The third-order valence-electron chi connectivity index (χ3n) is 2.80. The van der Waals surface area contributed by atoms with Crippen molar-refractivity contribution in [2.75, 3.05) is 6.61 Å². The second kappa shape index (κ2) is 4.43. The van der Waals surface area contributed by atoms with E-state index in [0.717, 1.165) is 13.0 Å². The first-order valence-corrected chi connectivity index (χ1v) is 5.21. The molecule has 0 bridgehead atoms. The van der Waals surface area contributed by atoms with Crippen LogP contribution < -0.4 is 0 Å². The van der Waals surface area contributed by atoms with Crippen molar-refractivity contribution in [3.05, 3.63) is 48.6 Å². The molecule has 0 N–H and O–H groups in total. The van der Waals surface area contributed by atoms with Crippen molar-refractivity contribution in [3.63, 3.8) is 0 Å². The lowest BCUT2D eigenvalue weighted by molar-refractivity contribution is -0.0124. The Morgan fingerprint density at radius 3 is 2.79 bits per heavy atom. The molecule has 2 atom stereocenters. The summed E-state index contributed by atoms with van der Waals surface area (Å²) in [7, 11) is 0. The van der Waals surface area contributed by atoms with Gasteiger partial charge >= 0.3 is 0 Å². The molecule has 0 amide bonds. The topological polar surface area (TPSA) is 9.23 Å². The van der Waals surface area contributed by atoms with Gasteiger partial charge in [-0.1, -0.05) is 36.4 Å². The third kappa shape index (κ3) is 1.88. The number of benzene rings is 1. The molecule has 2 rings (SSSR count). The minimum atomic E-state index is 0.224. The van der Waals surface area contributed by atoms with Gasteiger partial charge in [0, 0.05) is 12.5 Å². The van der Waals surface area contributed by atoms with Gasteiger partial charge in [-0.25, -0.2) is 0 Å². The first-order chi connectivity index (χ1) is 6.92. The quantitative estimate of drug-likeness (QED) is 0.647. The molecule has 0 aliphatic carbocycles. The van der Waals surface area contributed by atoms with Crippen LogP contribution in [-0.2, 0) is 4.74 Å². The van der Waals surface area contributed by atoms with Gasteiger partial charge in [0.2, 0.25) is 0 Å². The fraction of sp³-hybridized carbons (Fsp3) is 0.385. The van der Waals surface area contributed by atoms with Gasteiger partial charge in [0.05, 0.1) is 6.10 Å². The highest BCUT2D eigenvalue weighted by Crippen LogP contribution is 2.33. The molecule has 14 heavy (non-hydrogen) atoms. The van der Waals surface area contributed by atoms with Crippen molar-refractivity contribution in [2.45, 2.75) is 18.9 Å². The molecule has 1 aliphatic rings. The van der Waals surface area contributed by atoms with Gasteiger partial charge in [0.1, 0.15) is 0 Å². The third-order valence-corrected chi connectivity index (χ3v) is 2.80. The average Bonchev–Trinajstić information content (AvgIpc) is 2.30. The van der Waals surface area contributed by atoms with Crippen LogP contribution in [0.5, 0.6) is 0 Å². The van der Waals surface area contributed by atoms with E-state index in [1.54, 1.807) is 0 Å². The highest BCUT2D eigenvalue weighted by molar-refractivity contribution is 5.19. The minimum Gasteiger partial charge on any atom is -0.373 e. The van der Waals surface area contributed by atoms with Crippen molar-refractivity contribution in [3.8, 4) is 0 Å². The predicted molar refractivity (Wildman–Crippen MR) is 58.1 cm³/mol. The number of rotatable bonds is 2. The van der Waals surface area contributed by atoms with Gasteiger partial charge in [-0.2, -0.15) is 0 Å². The molecule has 1 aromatic carbocycles. The Labute approximate surface area is 85.4 Å². The highest BCUT2D eigenvalue weighted by Gasteiger charge is 2.24. The fourth-order valence-electron chi connectivity index (χ4n) is 2.03. The lowest BCUT2D eigenvalue weighted by Crippen LogP contribution is -2.20. The molecule has 0 spiro atoms. The second-order valence-corrected chi connectivity index (χ2v) is 3.74. The normalized spacial score (nSPS) is 27.1. The van der Waals surface area contributed by atoms with Gasteiger partial charge in [0.15, 0.2) is 0 Å². The molecular formula is C13H16O. The molecule has 1 heterocycles. The average molecular weight is 188 g/mol. The van der Waals surface area contributed by atoms with E-state index in [4.69, 9.17) is 4.74 Å². The maximum atomic E-state index is 5.80. The van der Waals surface area contributed by atoms with E-state index < -0.39 is 0 Å². The molecule has 1 nitrogen and oxygen atoms in total. The summed E-state index contributed by atoms with van der Waals surface area (Å²) < 4.78 is 5.80. The molecule has 0 radical (unpaired) electrons. The molecule has 1 heteroatoms. The van der Waals surface area contributed by atoms with Gasteiger partial charge < -0.3 is 4.74 Å². The predicted octanol–water partition coefficient (Wildman–Crippen LogP) is 3.34. The van der Waals surface area contributed by atoms with Crippen molar-refractivity contribution < 1.29 is 4.74 Å². The van der Waals surface area contributed by atoms with Crippen molar-refractivity contribution >= 4 is 0 Å². The van der Waals surface area contributed by atoms with E-state index in [1.807, 2.05) is 12.1 Å². The summed E-state index contributed by atoms with van der Waals surface area (Å²) in [5.74, 6) is 0.478. The summed E-state index contributed by atoms with van der Waals surface area (Å²) in [6.07, 6.45) is 4.60.